The molecule has 3 rings (SSSR count). The standard InChI is InChI=1S/C21H24ClNO/c22-15-9-14-21(18-10-3-1-4-11-18,19-12-5-2-6-13-19)20(24)23-16-7-8-17-23/h1-6,10-13H,7-9,14-17H2. The third-order valence-corrected chi connectivity index (χ3v) is 5.24. The summed E-state index contributed by atoms with van der Waals surface area (Å²) in [5.41, 5.74) is 1.50. The van der Waals surface area contributed by atoms with Crippen LogP contribution in [-0.2, 0) is 10.2 Å². The van der Waals surface area contributed by atoms with Crippen LogP contribution in [0.2, 0.25) is 0 Å². The first-order valence-electron chi connectivity index (χ1n) is 8.75. The molecule has 0 atom stereocenters. The molecular formula is C21H24ClNO. The Labute approximate surface area is 149 Å². The first-order valence-corrected chi connectivity index (χ1v) is 9.29. The number of alkyl halides is 1. The summed E-state index contributed by atoms with van der Waals surface area (Å²) in [6.45, 7) is 1.72. The van der Waals surface area contributed by atoms with Crippen molar-refractivity contribution in [3.8, 4) is 0 Å². The van der Waals surface area contributed by atoms with Crippen LogP contribution < -0.4 is 0 Å². The van der Waals surface area contributed by atoms with Gasteiger partial charge in [-0.3, -0.25) is 4.79 Å². The predicted octanol–water partition coefficient (Wildman–Crippen LogP) is 4.61. The van der Waals surface area contributed by atoms with Gasteiger partial charge in [-0.25, -0.2) is 0 Å². The molecule has 1 fully saturated rings. The van der Waals surface area contributed by atoms with Gasteiger partial charge in [0.1, 0.15) is 0 Å². The molecule has 1 amide bonds. The molecule has 1 aliphatic heterocycles. The maximum absolute atomic E-state index is 13.7. The lowest BCUT2D eigenvalue weighted by Crippen LogP contribution is -2.46. The van der Waals surface area contributed by atoms with Gasteiger partial charge in [-0.1, -0.05) is 60.7 Å². The fourth-order valence-electron chi connectivity index (χ4n) is 3.78. The minimum atomic E-state index is -0.637. The Kier molecular flexibility index (Phi) is 5.57. The number of hydrogen-bond acceptors (Lipinski definition) is 1. The molecule has 0 saturated carbocycles. The van der Waals surface area contributed by atoms with Crippen LogP contribution in [0.15, 0.2) is 60.7 Å². The monoisotopic (exact) mass is 341 g/mol. The van der Waals surface area contributed by atoms with E-state index < -0.39 is 5.41 Å². The molecule has 1 saturated heterocycles. The molecule has 0 aromatic heterocycles. The molecule has 1 heterocycles. The van der Waals surface area contributed by atoms with Gasteiger partial charge < -0.3 is 4.90 Å². The molecule has 0 unspecified atom stereocenters. The Balaban J connectivity index is 2.14. The van der Waals surface area contributed by atoms with Gasteiger partial charge in [0.05, 0.1) is 5.41 Å². The van der Waals surface area contributed by atoms with Crippen molar-refractivity contribution in [3.63, 3.8) is 0 Å². The van der Waals surface area contributed by atoms with Gasteiger partial charge in [-0.2, -0.15) is 0 Å². The summed E-state index contributed by atoms with van der Waals surface area (Å²) >= 11 is 6.02. The number of benzene rings is 2. The lowest BCUT2D eigenvalue weighted by Gasteiger charge is -2.37. The van der Waals surface area contributed by atoms with E-state index in [0.29, 0.717) is 5.88 Å². The van der Waals surface area contributed by atoms with Crippen molar-refractivity contribution in [3.05, 3.63) is 71.8 Å². The summed E-state index contributed by atoms with van der Waals surface area (Å²) < 4.78 is 0. The van der Waals surface area contributed by atoms with E-state index in [-0.39, 0.29) is 5.91 Å². The summed E-state index contributed by atoms with van der Waals surface area (Å²) in [5.74, 6) is 0.789. The van der Waals surface area contributed by atoms with E-state index in [1.807, 2.05) is 41.3 Å². The van der Waals surface area contributed by atoms with Crippen molar-refractivity contribution in [1.82, 2.24) is 4.90 Å². The molecule has 126 valence electrons. The SMILES string of the molecule is O=C(N1CCCC1)C(CCCCl)(c1ccccc1)c1ccccc1. The molecule has 0 radical (unpaired) electrons. The average molecular weight is 342 g/mol. The number of amides is 1. The van der Waals surface area contributed by atoms with Crippen molar-refractivity contribution >= 4 is 17.5 Å². The van der Waals surface area contributed by atoms with E-state index in [1.54, 1.807) is 0 Å². The van der Waals surface area contributed by atoms with E-state index in [1.165, 1.54) is 0 Å². The van der Waals surface area contributed by atoms with Crippen LogP contribution in [0.3, 0.4) is 0 Å². The number of carbonyl (C=O) groups is 1. The maximum atomic E-state index is 13.7. The summed E-state index contributed by atoms with van der Waals surface area (Å²) in [5, 5.41) is 0. The number of rotatable bonds is 6. The first kappa shape index (κ1) is 17.0. The van der Waals surface area contributed by atoms with E-state index >= 15 is 0 Å². The second kappa shape index (κ2) is 7.85. The smallest absolute Gasteiger partial charge is 0.237 e. The van der Waals surface area contributed by atoms with Crippen molar-refractivity contribution in [1.29, 1.82) is 0 Å². The highest BCUT2D eigenvalue weighted by molar-refractivity contribution is 6.17. The highest BCUT2D eigenvalue weighted by Gasteiger charge is 2.44. The van der Waals surface area contributed by atoms with Crippen molar-refractivity contribution in [2.75, 3.05) is 19.0 Å². The molecule has 2 aromatic carbocycles. The van der Waals surface area contributed by atoms with Gasteiger partial charge >= 0.3 is 0 Å². The number of likely N-dealkylation sites (tertiary alicyclic amines) is 1. The van der Waals surface area contributed by atoms with Crippen LogP contribution in [0, 0.1) is 0 Å². The largest absolute Gasteiger partial charge is 0.342 e. The zero-order chi connectivity index (χ0) is 16.8. The second-order valence-electron chi connectivity index (χ2n) is 6.43. The molecule has 2 aromatic rings. The maximum Gasteiger partial charge on any atom is 0.237 e. The Hall–Kier alpha value is -1.80. The average Bonchev–Trinajstić information content (AvgIpc) is 3.18. The van der Waals surface area contributed by atoms with Gasteiger partial charge in [0, 0.05) is 19.0 Å². The van der Waals surface area contributed by atoms with Gasteiger partial charge in [0.15, 0.2) is 0 Å². The zero-order valence-electron chi connectivity index (χ0n) is 14.0. The van der Waals surface area contributed by atoms with E-state index in [2.05, 4.69) is 24.3 Å². The molecular weight excluding hydrogens is 318 g/mol. The molecule has 0 aliphatic carbocycles. The molecule has 3 heteroatoms. The third-order valence-electron chi connectivity index (χ3n) is 4.98. The van der Waals surface area contributed by atoms with Crippen LogP contribution in [0.5, 0.6) is 0 Å². The highest BCUT2D eigenvalue weighted by atomic mass is 35.5. The van der Waals surface area contributed by atoms with E-state index in [4.69, 9.17) is 11.6 Å². The Bertz CT molecular complexity index is 611. The van der Waals surface area contributed by atoms with E-state index in [0.717, 1.165) is 49.9 Å². The van der Waals surface area contributed by atoms with Crippen LogP contribution >= 0.6 is 11.6 Å². The number of hydrogen-bond donors (Lipinski definition) is 0. The third kappa shape index (κ3) is 3.21. The number of carbonyl (C=O) groups excluding carboxylic acids is 1. The molecule has 0 spiro atoms. The lowest BCUT2D eigenvalue weighted by atomic mass is 9.70. The quantitative estimate of drug-likeness (QED) is 0.702. The molecule has 2 nitrogen and oxygen atoms in total. The summed E-state index contributed by atoms with van der Waals surface area (Å²) in [7, 11) is 0. The topological polar surface area (TPSA) is 20.3 Å². The van der Waals surface area contributed by atoms with Gasteiger partial charge in [0.2, 0.25) is 5.91 Å². The minimum Gasteiger partial charge on any atom is -0.342 e. The Morgan fingerprint density at radius 1 is 0.917 bits per heavy atom. The highest BCUT2D eigenvalue weighted by Crippen LogP contribution is 2.39. The minimum absolute atomic E-state index is 0.225. The van der Waals surface area contributed by atoms with Crippen molar-refractivity contribution in [2.45, 2.75) is 31.1 Å². The van der Waals surface area contributed by atoms with Gasteiger partial charge in [-0.05, 0) is 36.8 Å². The summed E-state index contributed by atoms with van der Waals surface area (Å²) in [4.78, 5) is 15.7. The molecule has 0 bridgehead atoms. The Morgan fingerprint density at radius 2 is 1.42 bits per heavy atom. The molecule has 0 N–H and O–H groups in total. The van der Waals surface area contributed by atoms with Gasteiger partial charge in [-0.15, -0.1) is 11.6 Å². The lowest BCUT2D eigenvalue weighted by molar-refractivity contribution is -0.135. The van der Waals surface area contributed by atoms with Crippen LogP contribution in [0.25, 0.3) is 0 Å². The van der Waals surface area contributed by atoms with Crippen molar-refractivity contribution in [2.24, 2.45) is 0 Å². The predicted molar refractivity (Wildman–Crippen MR) is 99.4 cm³/mol. The van der Waals surface area contributed by atoms with Gasteiger partial charge in [0.25, 0.3) is 0 Å². The van der Waals surface area contributed by atoms with Crippen molar-refractivity contribution < 1.29 is 4.79 Å². The van der Waals surface area contributed by atoms with Crippen LogP contribution in [0.1, 0.15) is 36.8 Å². The molecule has 1 aliphatic rings. The summed E-state index contributed by atoms with van der Waals surface area (Å²) in [6, 6.07) is 20.4. The zero-order valence-corrected chi connectivity index (χ0v) is 14.7. The normalized spacial score (nSPS) is 14.8. The van der Waals surface area contributed by atoms with Crippen LogP contribution in [0.4, 0.5) is 0 Å². The fourth-order valence-corrected chi connectivity index (χ4v) is 3.91. The second-order valence-corrected chi connectivity index (χ2v) is 6.81. The van der Waals surface area contributed by atoms with E-state index in [9.17, 15) is 4.79 Å². The summed E-state index contributed by atoms with van der Waals surface area (Å²) in [6.07, 6.45) is 3.74. The number of nitrogens with zero attached hydrogens (tertiary/aromatic N) is 1. The molecule has 24 heavy (non-hydrogen) atoms. The van der Waals surface area contributed by atoms with Crippen LogP contribution in [-0.4, -0.2) is 29.8 Å². The first-order chi connectivity index (χ1) is 11.8. The fraction of sp³-hybridized carbons (Fsp3) is 0.381. The Morgan fingerprint density at radius 3 is 1.88 bits per heavy atom. The number of halogens is 1.